The van der Waals surface area contributed by atoms with Crippen LogP contribution in [0.15, 0.2) is 29.2 Å². The predicted octanol–water partition coefficient (Wildman–Crippen LogP) is 0.409. The van der Waals surface area contributed by atoms with E-state index in [1.165, 1.54) is 38.1 Å². The largest absolute Gasteiger partial charge is 0.378 e. The van der Waals surface area contributed by atoms with Crippen LogP contribution in [-0.4, -0.2) is 81.4 Å². The molecule has 2 N–H and O–H groups in total. The zero-order valence-electron chi connectivity index (χ0n) is 18.4. The number of anilines is 1. The number of carbonyl (C=O) groups excluding carboxylic acids is 3. The van der Waals surface area contributed by atoms with Gasteiger partial charge in [-0.25, -0.2) is 8.42 Å². The second-order valence-electron chi connectivity index (χ2n) is 8.11. The topological polar surface area (TPSA) is 125 Å². The van der Waals surface area contributed by atoms with Gasteiger partial charge < -0.3 is 19.9 Å². The van der Waals surface area contributed by atoms with Crippen LogP contribution in [0.4, 0.5) is 5.69 Å². The summed E-state index contributed by atoms with van der Waals surface area (Å²) in [6, 6.07) is 4.71. The molecule has 11 heteroatoms. The number of nitrogens with one attached hydrogen (secondary N) is 2. The molecule has 2 fully saturated rings. The Morgan fingerprint density at radius 1 is 1.06 bits per heavy atom. The maximum absolute atomic E-state index is 12.9. The molecule has 3 amide bonds. The van der Waals surface area contributed by atoms with E-state index in [1.54, 1.807) is 9.80 Å². The Morgan fingerprint density at radius 3 is 2.34 bits per heavy atom. The predicted molar refractivity (Wildman–Crippen MR) is 117 cm³/mol. The first kappa shape index (κ1) is 24.1. The molecule has 176 valence electrons. The van der Waals surface area contributed by atoms with Crippen molar-refractivity contribution in [2.45, 2.75) is 37.6 Å². The van der Waals surface area contributed by atoms with Crippen LogP contribution >= 0.6 is 0 Å². The first-order valence-electron chi connectivity index (χ1n) is 10.7. The van der Waals surface area contributed by atoms with Crippen molar-refractivity contribution in [2.75, 3.05) is 44.7 Å². The van der Waals surface area contributed by atoms with Gasteiger partial charge in [0.2, 0.25) is 27.7 Å². The van der Waals surface area contributed by atoms with E-state index in [4.69, 9.17) is 4.74 Å². The minimum absolute atomic E-state index is 0.00901. The summed E-state index contributed by atoms with van der Waals surface area (Å²) in [5.74, 6) is -0.873. The number of ether oxygens (including phenoxy) is 1. The molecule has 2 aliphatic rings. The number of morpholine rings is 1. The van der Waals surface area contributed by atoms with Crippen LogP contribution in [0.25, 0.3) is 0 Å². The SMILES string of the molecule is CC(=O)Nc1ccc(S(=O)(=O)N[C@@H](C)C(=O)N2CCCC(C(=O)N3CCOCC3)C2)cc1. The lowest BCUT2D eigenvalue weighted by atomic mass is 9.96. The number of nitrogens with zero attached hydrogens (tertiary/aromatic N) is 2. The molecule has 32 heavy (non-hydrogen) atoms. The number of rotatable bonds is 6. The number of hydrogen-bond acceptors (Lipinski definition) is 6. The van der Waals surface area contributed by atoms with E-state index in [0.717, 1.165) is 0 Å². The third-order valence-electron chi connectivity index (χ3n) is 5.59. The van der Waals surface area contributed by atoms with E-state index < -0.39 is 16.1 Å². The highest BCUT2D eigenvalue weighted by atomic mass is 32.2. The molecule has 1 aromatic carbocycles. The molecule has 1 aromatic rings. The van der Waals surface area contributed by atoms with Crippen LogP contribution < -0.4 is 10.0 Å². The maximum Gasteiger partial charge on any atom is 0.241 e. The smallest absolute Gasteiger partial charge is 0.241 e. The molecule has 0 radical (unpaired) electrons. The summed E-state index contributed by atoms with van der Waals surface area (Å²) in [6.45, 7) is 5.78. The molecular formula is C21H30N4O6S. The number of hydrogen-bond donors (Lipinski definition) is 2. The van der Waals surface area contributed by atoms with Crippen LogP contribution in [0, 0.1) is 5.92 Å². The van der Waals surface area contributed by atoms with Crippen LogP contribution in [0.3, 0.4) is 0 Å². The van der Waals surface area contributed by atoms with Crippen molar-refractivity contribution in [1.29, 1.82) is 0 Å². The molecule has 10 nitrogen and oxygen atoms in total. The van der Waals surface area contributed by atoms with E-state index in [-0.39, 0.29) is 35.1 Å². The Morgan fingerprint density at radius 2 is 1.72 bits per heavy atom. The van der Waals surface area contributed by atoms with E-state index >= 15 is 0 Å². The monoisotopic (exact) mass is 466 g/mol. The number of benzene rings is 1. The molecule has 1 unspecified atom stereocenters. The lowest BCUT2D eigenvalue weighted by molar-refractivity contribution is -0.144. The average molecular weight is 467 g/mol. The molecule has 0 spiro atoms. The highest BCUT2D eigenvalue weighted by Gasteiger charge is 2.34. The van der Waals surface area contributed by atoms with Crippen molar-refractivity contribution in [2.24, 2.45) is 5.92 Å². The van der Waals surface area contributed by atoms with Gasteiger partial charge in [0, 0.05) is 38.8 Å². The number of carbonyl (C=O) groups is 3. The molecule has 2 aliphatic heterocycles. The van der Waals surface area contributed by atoms with Gasteiger partial charge >= 0.3 is 0 Å². The molecule has 2 saturated heterocycles. The van der Waals surface area contributed by atoms with Gasteiger partial charge in [-0.3, -0.25) is 14.4 Å². The number of amides is 3. The summed E-state index contributed by atoms with van der Waals surface area (Å²) in [7, 11) is -3.93. The first-order valence-corrected chi connectivity index (χ1v) is 12.2. The summed E-state index contributed by atoms with van der Waals surface area (Å²) in [6.07, 6.45) is 1.40. The maximum atomic E-state index is 12.9. The molecule has 0 bridgehead atoms. The van der Waals surface area contributed by atoms with Crippen LogP contribution in [0.1, 0.15) is 26.7 Å². The lowest BCUT2D eigenvalue weighted by Gasteiger charge is -2.37. The summed E-state index contributed by atoms with van der Waals surface area (Å²) < 4.78 is 33.1. The Bertz CT molecular complexity index is 944. The minimum Gasteiger partial charge on any atom is -0.378 e. The van der Waals surface area contributed by atoms with E-state index in [0.29, 0.717) is 51.4 Å². The molecule has 2 atom stereocenters. The molecular weight excluding hydrogens is 436 g/mol. The minimum atomic E-state index is -3.93. The lowest BCUT2D eigenvalue weighted by Crippen LogP contribution is -2.53. The van der Waals surface area contributed by atoms with Crippen molar-refractivity contribution in [3.63, 3.8) is 0 Å². The van der Waals surface area contributed by atoms with Gasteiger partial charge in [0.25, 0.3) is 0 Å². The van der Waals surface area contributed by atoms with Gasteiger partial charge in [-0.05, 0) is 44.0 Å². The Balaban J connectivity index is 1.60. The molecule has 3 rings (SSSR count). The van der Waals surface area contributed by atoms with Gasteiger partial charge in [-0.1, -0.05) is 0 Å². The third kappa shape index (κ3) is 6.05. The summed E-state index contributed by atoms with van der Waals surface area (Å²) in [5, 5.41) is 2.57. The van der Waals surface area contributed by atoms with Gasteiger partial charge in [-0.2, -0.15) is 4.72 Å². The highest BCUT2D eigenvalue weighted by molar-refractivity contribution is 7.89. The number of sulfonamides is 1. The quantitative estimate of drug-likeness (QED) is 0.626. The standard InChI is InChI=1S/C21H30N4O6S/c1-15(23-32(29,30)19-7-5-18(6-8-19)22-16(2)26)20(27)25-9-3-4-17(14-25)21(28)24-10-12-31-13-11-24/h5-8,15,17,23H,3-4,9-14H2,1-2H3,(H,22,26)/t15-,17?/m0/s1. The van der Waals surface area contributed by atoms with E-state index in [1.807, 2.05) is 0 Å². The average Bonchev–Trinajstić information content (AvgIpc) is 2.78. The van der Waals surface area contributed by atoms with Crippen molar-refractivity contribution in [3.05, 3.63) is 24.3 Å². The normalized spacial score (nSPS) is 20.5. The van der Waals surface area contributed by atoms with Crippen LogP contribution in [-0.2, 0) is 29.1 Å². The van der Waals surface area contributed by atoms with Gasteiger partial charge in [0.05, 0.1) is 30.1 Å². The Kier molecular flexibility index (Phi) is 7.86. The van der Waals surface area contributed by atoms with E-state index in [9.17, 15) is 22.8 Å². The van der Waals surface area contributed by atoms with Crippen molar-refractivity contribution >= 4 is 33.4 Å². The number of likely N-dealkylation sites (tertiary alicyclic amines) is 1. The summed E-state index contributed by atoms with van der Waals surface area (Å²) in [5.41, 5.74) is 0.477. The van der Waals surface area contributed by atoms with Crippen LogP contribution in [0.2, 0.25) is 0 Å². The van der Waals surface area contributed by atoms with Crippen molar-refractivity contribution in [1.82, 2.24) is 14.5 Å². The zero-order valence-corrected chi connectivity index (χ0v) is 19.2. The molecule has 0 saturated carbocycles. The second kappa shape index (κ2) is 10.4. The first-order chi connectivity index (χ1) is 15.2. The fourth-order valence-corrected chi connectivity index (χ4v) is 5.16. The fourth-order valence-electron chi connectivity index (χ4n) is 3.97. The summed E-state index contributed by atoms with van der Waals surface area (Å²) >= 11 is 0. The zero-order chi connectivity index (χ0) is 23.3. The molecule has 0 aliphatic carbocycles. The van der Waals surface area contributed by atoms with Gasteiger partial charge in [-0.15, -0.1) is 0 Å². The fraction of sp³-hybridized carbons (Fsp3) is 0.571. The highest BCUT2D eigenvalue weighted by Crippen LogP contribution is 2.21. The second-order valence-corrected chi connectivity index (χ2v) is 9.82. The molecule has 2 heterocycles. The van der Waals surface area contributed by atoms with Gasteiger partial charge in [0.1, 0.15) is 0 Å². The van der Waals surface area contributed by atoms with Crippen molar-refractivity contribution in [3.8, 4) is 0 Å². The molecule has 0 aromatic heterocycles. The van der Waals surface area contributed by atoms with Crippen LogP contribution in [0.5, 0.6) is 0 Å². The number of piperidine rings is 1. The third-order valence-corrected chi connectivity index (χ3v) is 7.15. The van der Waals surface area contributed by atoms with Gasteiger partial charge in [0.15, 0.2) is 0 Å². The van der Waals surface area contributed by atoms with Crippen molar-refractivity contribution < 1.29 is 27.5 Å². The Hall–Kier alpha value is -2.50. The van der Waals surface area contributed by atoms with E-state index in [2.05, 4.69) is 10.0 Å². The summed E-state index contributed by atoms with van der Waals surface area (Å²) in [4.78, 5) is 40.2. The Labute approximate surface area is 188 Å².